The van der Waals surface area contributed by atoms with Crippen molar-refractivity contribution in [3.63, 3.8) is 0 Å². The molecule has 0 N–H and O–H groups in total. The van der Waals surface area contributed by atoms with Gasteiger partial charge < -0.3 is 4.90 Å². The second-order valence-corrected chi connectivity index (χ2v) is 7.04. The van der Waals surface area contributed by atoms with Crippen LogP contribution in [-0.4, -0.2) is 23.4 Å². The smallest absolute Gasteiger partial charge is 0.264 e. The molecule has 0 radical (unpaired) electrons. The summed E-state index contributed by atoms with van der Waals surface area (Å²) in [5.41, 5.74) is 0. The molecule has 1 aliphatic heterocycles. The fourth-order valence-electron chi connectivity index (χ4n) is 2.28. The Morgan fingerprint density at radius 1 is 1.50 bits per heavy atom. The molecule has 0 spiro atoms. The van der Waals surface area contributed by atoms with Gasteiger partial charge in [-0.2, -0.15) is 0 Å². The van der Waals surface area contributed by atoms with Crippen LogP contribution in [0.2, 0.25) is 0 Å². The van der Waals surface area contributed by atoms with E-state index in [1.54, 1.807) is 0 Å². The van der Waals surface area contributed by atoms with E-state index in [1.807, 2.05) is 17.0 Å². The van der Waals surface area contributed by atoms with E-state index in [-0.39, 0.29) is 5.91 Å². The van der Waals surface area contributed by atoms with Crippen LogP contribution in [0, 0.1) is 5.92 Å². The lowest BCUT2D eigenvalue weighted by Gasteiger charge is -2.36. The molecule has 2 nitrogen and oxygen atoms in total. The summed E-state index contributed by atoms with van der Waals surface area (Å²) in [4.78, 5) is 15.1. The van der Waals surface area contributed by atoms with Gasteiger partial charge in [0.2, 0.25) is 0 Å². The fourth-order valence-corrected chi connectivity index (χ4v) is 3.62. The molecule has 1 fully saturated rings. The van der Waals surface area contributed by atoms with E-state index in [0.717, 1.165) is 34.0 Å². The standard InChI is InChI=1S/C12H16BrNOS/c1-8-5-6-14(9(2)7-8)12(15)10-3-4-11(13)16-10/h3-4,8-9H,5-7H2,1-2H3. The molecule has 1 saturated heterocycles. The Bertz CT molecular complexity index is 390. The third kappa shape index (κ3) is 2.48. The first-order valence-corrected chi connectivity index (χ1v) is 7.25. The van der Waals surface area contributed by atoms with Gasteiger partial charge in [-0.3, -0.25) is 4.79 Å². The van der Waals surface area contributed by atoms with Crippen molar-refractivity contribution in [2.45, 2.75) is 32.7 Å². The highest BCUT2D eigenvalue weighted by Crippen LogP contribution is 2.27. The number of hydrogen-bond acceptors (Lipinski definition) is 2. The van der Waals surface area contributed by atoms with Crippen LogP contribution in [0.3, 0.4) is 0 Å². The van der Waals surface area contributed by atoms with Gasteiger partial charge in [-0.05, 0) is 53.7 Å². The fraction of sp³-hybridized carbons (Fsp3) is 0.583. The van der Waals surface area contributed by atoms with Crippen LogP contribution in [-0.2, 0) is 0 Å². The number of nitrogens with zero attached hydrogens (tertiary/aromatic N) is 1. The van der Waals surface area contributed by atoms with Crippen molar-refractivity contribution < 1.29 is 4.79 Å². The van der Waals surface area contributed by atoms with Gasteiger partial charge in [0, 0.05) is 12.6 Å². The molecule has 0 bridgehead atoms. The van der Waals surface area contributed by atoms with Gasteiger partial charge >= 0.3 is 0 Å². The molecule has 88 valence electrons. The van der Waals surface area contributed by atoms with Crippen LogP contribution >= 0.6 is 27.3 Å². The van der Waals surface area contributed by atoms with Crippen molar-refractivity contribution >= 4 is 33.2 Å². The number of carbonyl (C=O) groups is 1. The Kier molecular flexibility index (Phi) is 3.70. The zero-order valence-electron chi connectivity index (χ0n) is 9.57. The van der Waals surface area contributed by atoms with Crippen molar-refractivity contribution in [3.05, 3.63) is 20.8 Å². The minimum absolute atomic E-state index is 0.190. The molecule has 2 heterocycles. The first-order chi connectivity index (χ1) is 7.58. The van der Waals surface area contributed by atoms with Crippen molar-refractivity contribution in [2.24, 2.45) is 5.92 Å². The second-order valence-electron chi connectivity index (χ2n) is 4.58. The molecule has 1 aromatic rings. The highest BCUT2D eigenvalue weighted by molar-refractivity contribution is 9.11. The molecule has 16 heavy (non-hydrogen) atoms. The maximum Gasteiger partial charge on any atom is 0.264 e. The SMILES string of the molecule is CC1CCN(C(=O)c2ccc(Br)s2)C(C)C1. The number of carbonyl (C=O) groups excluding carboxylic acids is 1. The first kappa shape index (κ1) is 12.1. The molecular formula is C12H16BrNOS. The molecule has 0 aliphatic carbocycles. The Morgan fingerprint density at radius 2 is 2.25 bits per heavy atom. The lowest BCUT2D eigenvalue weighted by molar-refractivity contribution is 0.0593. The van der Waals surface area contributed by atoms with Crippen LogP contribution < -0.4 is 0 Å². The maximum atomic E-state index is 12.2. The van der Waals surface area contributed by atoms with Crippen LogP contribution in [0.15, 0.2) is 15.9 Å². The van der Waals surface area contributed by atoms with Gasteiger partial charge in [-0.15, -0.1) is 11.3 Å². The summed E-state index contributed by atoms with van der Waals surface area (Å²) in [7, 11) is 0. The normalized spacial score (nSPS) is 25.8. The van der Waals surface area contributed by atoms with E-state index >= 15 is 0 Å². The van der Waals surface area contributed by atoms with Crippen LogP contribution in [0.5, 0.6) is 0 Å². The number of amides is 1. The van der Waals surface area contributed by atoms with Crippen LogP contribution in [0.4, 0.5) is 0 Å². The maximum absolute atomic E-state index is 12.2. The Hall–Kier alpha value is -0.350. The highest BCUT2D eigenvalue weighted by atomic mass is 79.9. The average molecular weight is 302 g/mol. The molecule has 1 aromatic heterocycles. The van der Waals surface area contributed by atoms with E-state index in [2.05, 4.69) is 29.8 Å². The second kappa shape index (κ2) is 4.88. The average Bonchev–Trinajstić information content (AvgIpc) is 2.64. The Balaban J connectivity index is 2.10. The summed E-state index contributed by atoms with van der Waals surface area (Å²) in [5, 5.41) is 0. The topological polar surface area (TPSA) is 20.3 Å². The van der Waals surface area contributed by atoms with Crippen molar-refractivity contribution in [1.29, 1.82) is 0 Å². The quantitative estimate of drug-likeness (QED) is 0.773. The summed E-state index contributed by atoms with van der Waals surface area (Å²) in [5.74, 6) is 0.934. The first-order valence-electron chi connectivity index (χ1n) is 5.64. The van der Waals surface area contributed by atoms with E-state index in [0.29, 0.717) is 6.04 Å². The lowest BCUT2D eigenvalue weighted by atomic mass is 9.93. The summed E-state index contributed by atoms with van der Waals surface area (Å²) in [6.07, 6.45) is 2.25. The zero-order valence-corrected chi connectivity index (χ0v) is 12.0. The molecule has 2 atom stereocenters. The van der Waals surface area contributed by atoms with Crippen molar-refractivity contribution in [3.8, 4) is 0 Å². The van der Waals surface area contributed by atoms with E-state index in [1.165, 1.54) is 11.3 Å². The largest absolute Gasteiger partial charge is 0.335 e. The third-order valence-electron chi connectivity index (χ3n) is 3.18. The number of thiophene rings is 1. The molecule has 2 rings (SSSR count). The van der Waals surface area contributed by atoms with Crippen molar-refractivity contribution in [2.75, 3.05) is 6.54 Å². The zero-order chi connectivity index (χ0) is 11.7. The number of hydrogen-bond donors (Lipinski definition) is 0. The lowest BCUT2D eigenvalue weighted by Crippen LogP contribution is -2.43. The van der Waals surface area contributed by atoms with Crippen molar-refractivity contribution in [1.82, 2.24) is 4.90 Å². The Morgan fingerprint density at radius 3 is 2.81 bits per heavy atom. The number of halogens is 1. The minimum atomic E-state index is 0.190. The van der Waals surface area contributed by atoms with Crippen LogP contribution in [0.1, 0.15) is 36.4 Å². The predicted molar refractivity (Wildman–Crippen MR) is 70.9 cm³/mol. The van der Waals surface area contributed by atoms with Gasteiger partial charge in [-0.1, -0.05) is 6.92 Å². The van der Waals surface area contributed by atoms with Crippen LogP contribution in [0.25, 0.3) is 0 Å². The summed E-state index contributed by atoms with van der Waals surface area (Å²) >= 11 is 4.91. The monoisotopic (exact) mass is 301 g/mol. The molecular weight excluding hydrogens is 286 g/mol. The number of rotatable bonds is 1. The summed E-state index contributed by atoms with van der Waals surface area (Å²) < 4.78 is 1.02. The van der Waals surface area contributed by atoms with Gasteiger partial charge in [-0.25, -0.2) is 0 Å². The van der Waals surface area contributed by atoms with E-state index in [9.17, 15) is 4.79 Å². The van der Waals surface area contributed by atoms with Gasteiger partial charge in [0.15, 0.2) is 0 Å². The predicted octanol–water partition coefficient (Wildman–Crippen LogP) is 3.77. The van der Waals surface area contributed by atoms with Gasteiger partial charge in [0.1, 0.15) is 0 Å². The van der Waals surface area contributed by atoms with E-state index < -0.39 is 0 Å². The highest BCUT2D eigenvalue weighted by Gasteiger charge is 2.27. The Labute approximate surface area is 109 Å². The van der Waals surface area contributed by atoms with Gasteiger partial charge in [0.25, 0.3) is 5.91 Å². The molecule has 4 heteroatoms. The molecule has 0 aromatic carbocycles. The number of likely N-dealkylation sites (tertiary alicyclic amines) is 1. The molecule has 0 saturated carbocycles. The van der Waals surface area contributed by atoms with E-state index in [4.69, 9.17) is 0 Å². The molecule has 2 unspecified atom stereocenters. The summed E-state index contributed by atoms with van der Waals surface area (Å²) in [6.45, 7) is 5.31. The summed E-state index contributed by atoms with van der Waals surface area (Å²) in [6, 6.07) is 4.22. The molecule has 1 amide bonds. The van der Waals surface area contributed by atoms with Gasteiger partial charge in [0.05, 0.1) is 8.66 Å². The molecule has 1 aliphatic rings. The number of piperidine rings is 1. The third-order valence-corrected chi connectivity index (χ3v) is 4.79. The minimum Gasteiger partial charge on any atom is -0.335 e.